The van der Waals surface area contributed by atoms with E-state index in [9.17, 15) is 0 Å². The monoisotopic (exact) mass is 190 g/mol. The molecule has 2 heterocycles. The predicted octanol–water partition coefficient (Wildman–Crippen LogP) is 1.09. The van der Waals surface area contributed by atoms with Crippen LogP contribution < -0.4 is 14.8 Å². The van der Waals surface area contributed by atoms with Gasteiger partial charge in [-0.05, 0) is 17.7 Å². The Morgan fingerprint density at radius 1 is 1.29 bits per heavy atom. The maximum Gasteiger partial charge on any atom is 0.231 e. The molecule has 1 aromatic carbocycles. The van der Waals surface area contributed by atoms with Gasteiger partial charge in [-0.15, -0.1) is 0 Å². The van der Waals surface area contributed by atoms with Crippen molar-refractivity contribution in [3.8, 4) is 11.5 Å². The van der Waals surface area contributed by atoms with Crippen LogP contribution in [0, 0.1) is 0 Å². The Hall–Kier alpha value is -1.55. The van der Waals surface area contributed by atoms with E-state index >= 15 is 0 Å². The quantitative estimate of drug-likeness (QED) is 0.720. The SMILES string of the molecule is C1=NC(c2ccc3c(c2)OCO3)NC1. The fourth-order valence-corrected chi connectivity index (χ4v) is 1.66. The van der Waals surface area contributed by atoms with Gasteiger partial charge in [0.15, 0.2) is 11.5 Å². The van der Waals surface area contributed by atoms with Crippen LogP contribution in [0.3, 0.4) is 0 Å². The largest absolute Gasteiger partial charge is 0.454 e. The second-order valence-electron chi connectivity index (χ2n) is 3.26. The Kier molecular flexibility index (Phi) is 1.67. The molecule has 3 rings (SSSR count). The van der Waals surface area contributed by atoms with Crippen LogP contribution in [0.2, 0.25) is 0 Å². The Morgan fingerprint density at radius 3 is 3.07 bits per heavy atom. The zero-order valence-corrected chi connectivity index (χ0v) is 7.56. The van der Waals surface area contributed by atoms with E-state index in [1.54, 1.807) is 0 Å². The van der Waals surface area contributed by atoms with Crippen molar-refractivity contribution >= 4 is 6.21 Å². The van der Waals surface area contributed by atoms with Gasteiger partial charge < -0.3 is 9.47 Å². The van der Waals surface area contributed by atoms with Crippen LogP contribution in [0.5, 0.6) is 11.5 Å². The molecule has 1 aromatic rings. The Morgan fingerprint density at radius 2 is 2.21 bits per heavy atom. The first-order valence-corrected chi connectivity index (χ1v) is 4.58. The number of benzene rings is 1. The van der Waals surface area contributed by atoms with Crippen LogP contribution in [0.4, 0.5) is 0 Å². The van der Waals surface area contributed by atoms with Gasteiger partial charge in [0.05, 0.1) is 0 Å². The normalized spacial score (nSPS) is 23.0. The van der Waals surface area contributed by atoms with Crippen molar-refractivity contribution < 1.29 is 9.47 Å². The highest BCUT2D eigenvalue weighted by molar-refractivity contribution is 5.62. The summed E-state index contributed by atoms with van der Waals surface area (Å²) in [5, 5.41) is 3.25. The van der Waals surface area contributed by atoms with Gasteiger partial charge in [0.1, 0.15) is 6.17 Å². The van der Waals surface area contributed by atoms with Crippen LogP contribution in [-0.2, 0) is 0 Å². The highest BCUT2D eigenvalue weighted by Gasteiger charge is 2.18. The van der Waals surface area contributed by atoms with Crippen LogP contribution in [0.25, 0.3) is 0 Å². The number of nitrogens with one attached hydrogen (secondary N) is 1. The fourth-order valence-electron chi connectivity index (χ4n) is 1.66. The maximum absolute atomic E-state index is 5.30. The molecule has 1 N–H and O–H groups in total. The minimum atomic E-state index is 0.0736. The highest BCUT2D eigenvalue weighted by atomic mass is 16.7. The second kappa shape index (κ2) is 2.99. The first-order chi connectivity index (χ1) is 6.93. The zero-order chi connectivity index (χ0) is 9.38. The average molecular weight is 190 g/mol. The van der Waals surface area contributed by atoms with Crippen LogP contribution >= 0.6 is 0 Å². The number of nitrogens with zero attached hydrogens (tertiary/aromatic N) is 1. The molecule has 0 spiro atoms. The standard InChI is InChI=1S/C10H10N2O2/c1-2-8-9(14-6-13-8)5-7(1)10-11-3-4-12-10/h1-3,5,10,12H,4,6H2. The second-order valence-corrected chi connectivity index (χ2v) is 3.26. The summed E-state index contributed by atoms with van der Waals surface area (Å²) >= 11 is 0. The molecule has 72 valence electrons. The molecule has 0 aliphatic carbocycles. The van der Waals surface area contributed by atoms with Crippen LogP contribution in [-0.4, -0.2) is 19.6 Å². The lowest BCUT2D eigenvalue weighted by Crippen LogP contribution is -2.14. The Bertz CT molecular complexity index is 390. The van der Waals surface area contributed by atoms with Gasteiger partial charge in [-0.3, -0.25) is 10.3 Å². The summed E-state index contributed by atoms with van der Waals surface area (Å²) in [7, 11) is 0. The Balaban J connectivity index is 1.95. The van der Waals surface area contributed by atoms with Gasteiger partial charge in [-0.25, -0.2) is 0 Å². The molecule has 1 atom stereocenters. The fraction of sp³-hybridized carbons (Fsp3) is 0.300. The van der Waals surface area contributed by atoms with Gasteiger partial charge >= 0.3 is 0 Å². The zero-order valence-electron chi connectivity index (χ0n) is 7.56. The van der Waals surface area contributed by atoms with E-state index < -0.39 is 0 Å². The minimum absolute atomic E-state index is 0.0736. The number of hydrogen-bond donors (Lipinski definition) is 1. The molecule has 0 amide bonds. The molecule has 0 bridgehead atoms. The molecular formula is C10H10N2O2. The van der Waals surface area contributed by atoms with Crippen molar-refractivity contribution in [2.24, 2.45) is 4.99 Å². The lowest BCUT2D eigenvalue weighted by atomic mass is 10.1. The van der Waals surface area contributed by atoms with E-state index in [0.717, 1.165) is 23.6 Å². The predicted molar refractivity (Wildman–Crippen MR) is 51.8 cm³/mol. The van der Waals surface area contributed by atoms with Crippen molar-refractivity contribution in [3.05, 3.63) is 23.8 Å². The van der Waals surface area contributed by atoms with Crippen molar-refractivity contribution in [2.45, 2.75) is 6.17 Å². The summed E-state index contributed by atoms with van der Waals surface area (Å²) in [5.41, 5.74) is 1.11. The van der Waals surface area contributed by atoms with Gasteiger partial charge in [-0.2, -0.15) is 0 Å². The third-order valence-corrected chi connectivity index (χ3v) is 2.37. The minimum Gasteiger partial charge on any atom is -0.454 e. The number of fused-ring (bicyclic) bond motifs is 1. The third kappa shape index (κ3) is 1.15. The molecule has 14 heavy (non-hydrogen) atoms. The molecule has 4 nitrogen and oxygen atoms in total. The lowest BCUT2D eigenvalue weighted by Gasteiger charge is -2.08. The van der Waals surface area contributed by atoms with E-state index in [1.165, 1.54) is 0 Å². The number of rotatable bonds is 1. The molecule has 0 radical (unpaired) electrons. The first-order valence-electron chi connectivity index (χ1n) is 4.58. The highest BCUT2D eigenvalue weighted by Crippen LogP contribution is 2.34. The summed E-state index contributed by atoms with van der Waals surface area (Å²) in [5.74, 6) is 1.63. The number of aliphatic imine (C=N–C) groups is 1. The number of hydrogen-bond acceptors (Lipinski definition) is 4. The van der Waals surface area contributed by atoms with Crippen molar-refractivity contribution in [1.82, 2.24) is 5.32 Å². The smallest absolute Gasteiger partial charge is 0.231 e. The summed E-state index contributed by atoms with van der Waals surface area (Å²) < 4.78 is 10.5. The lowest BCUT2D eigenvalue weighted by molar-refractivity contribution is 0.174. The topological polar surface area (TPSA) is 42.9 Å². The molecule has 0 fully saturated rings. The molecule has 1 unspecified atom stereocenters. The molecule has 2 aliphatic heterocycles. The molecule has 4 heteroatoms. The summed E-state index contributed by atoms with van der Waals surface area (Å²) in [6.45, 7) is 1.15. The van der Waals surface area contributed by atoms with Gasteiger partial charge in [0.2, 0.25) is 6.79 Å². The maximum atomic E-state index is 5.30. The van der Waals surface area contributed by atoms with Gasteiger partial charge in [0, 0.05) is 12.8 Å². The van der Waals surface area contributed by atoms with Crippen molar-refractivity contribution in [3.63, 3.8) is 0 Å². The first kappa shape index (κ1) is 7.82. The van der Waals surface area contributed by atoms with Crippen molar-refractivity contribution in [2.75, 3.05) is 13.3 Å². The molecule has 0 aromatic heterocycles. The molecule has 0 saturated carbocycles. The van der Waals surface area contributed by atoms with E-state index in [1.807, 2.05) is 24.4 Å². The average Bonchev–Trinajstić information content (AvgIpc) is 2.88. The number of ether oxygens (including phenoxy) is 2. The molecule has 0 saturated heterocycles. The van der Waals surface area contributed by atoms with E-state index in [2.05, 4.69) is 10.3 Å². The van der Waals surface area contributed by atoms with Gasteiger partial charge in [0.25, 0.3) is 0 Å². The molecule has 2 aliphatic rings. The summed E-state index contributed by atoms with van der Waals surface area (Å²) in [4.78, 5) is 4.30. The Labute approximate surface area is 81.6 Å². The molecular weight excluding hydrogens is 180 g/mol. The summed E-state index contributed by atoms with van der Waals surface area (Å²) in [6, 6.07) is 5.91. The van der Waals surface area contributed by atoms with E-state index in [4.69, 9.17) is 9.47 Å². The van der Waals surface area contributed by atoms with E-state index in [0.29, 0.717) is 6.79 Å². The summed E-state index contributed by atoms with van der Waals surface area (Å²) in [6.07, 6.45) is 1.96. The van der Waals surface area contributed by atoms with E-state index in [-0.39, 0.29) is 6.17 Å². The third-order valence-electron chi connectivity index (χ3n) is 2.37. The van der Waals surface area contributed by atoms with Crippen molar-refractivity contribution in [1.29, 1.82) is 0 Å². The van der Waals surface area contributed by atoms with Crippen LogP contribution in [0.1, 0.15) is 11.7 Å². The van der Waals surface area contributed by atoms with Crippen LogP contribution in [0.15, 0.2) is 23.2 Å². The van der Waals surface area contributed by atoms with Gasteiger partial charge in [-0.1, -0.05) is 6.07 Å².